The van der Waals surface area contributed by atoms with Crippen molar-refractivity contribution in [2.75, 3.05) is 5.32 Å². The van der Waals surface area contributed by atoms with E-state index in [4.69, 9.17) is 5.14 Å². The smallest absolute Gasteiger partial charge is 0.265 e. The van der Waals surface area contributed by atoms with Crippen LogP contribution in [-0.4, -0.2) is 15.2 Å². The molecular formula is C14H12N2O3S. The second-order valence-electron chi connectivity index (χ2n) is 4.53. The summed E-state index contributed by atoms with van der Waals surface area (Å²) in [6.07, 6.45) is 0. The molecule has 0 saturated carbocycles. The fourth-order valence-corrected chi connectivity index (χ4v) is 2.76. The number of nitrogens with two attached hydrogens (primary N) is 1. The Morgan fingerprint density at radius 2 is 1.75 bits per heavy atom. The van der Waals surface area contributed by atoms with Gasteiger partial charge in [-0.3, -0.25) is 4.79 Å². The molecule has 2 aromatic rings. The van der Waals surface area contributed by atoms with Gasteiger partial charge in [0.05, 0.1) is 4.90 Å². The Balaban J connectivity index is 2.12. The van der Waals surface area contributed by atoms with Gasteiger partial charge in [-0.2, -0.15) is 0 Å². The Hall–Kier alpha value is -2.02. The number of para-hydroxylation sites is 1. The molecule has 2 unspecified atom stereocenters. The van der Waals surface area contributed by atoms with Gasteiger partial charge in [0.25, 0.3) is 5.91 Å². The molecule has 0 radical (unpaired) electrons. The number of hydrogen-bond acceptors (Lipinski definition) is 3. The predicted octanol–water partition coefficient (Wildman–Crippen LogP) is 0.856. The molecule has 0 aromatic heterocycles. The highest BCUT2D eigenvalue weighted by Gasteiger charge is 2.46. The van der Waals surface area contributed by atoms with Crippen molar-refractivity contribution in [3.05, 3.63) is 59.7 Å². The Bertz CT molecular complexity index is 715. The van der Waals surface area contributed by atoms with Crippen LogP contribution in [0.3, 0.4) is 0 Å². The van der Waals surface area contributed by atoms with E-state index in [1.807, 2.05) is 0 Å². The van der Waals surface area contributed by atoms with Crippen LogP contribution in [0.25, 0.3) is 0 Å². The number of carbonyl (C=O) groups excluding carboxylic acids is 1. The average molecular weight is 288 g/mol. The fraction of sp³-hybridized carbons (Fsp3) is 0.0714. The van der Waals surface area contributed by atoms with Gasteiger partial charge in [0.1, 0.15) is 11.0 Å². The standard InChI is InChI=1S/C14H12N2O3S/c15-20(19)10-7-5-9(6-8-10)14(18)11-3-1-2-4-12(11)16-13(14)17/h1-8,18H,15H2,(H,16,17). The number of fused-ring (bicyclic) bond motifs is 1. The summed E-state index contributed by atoms with van der Waals surface area (Å²) in [4.78, 5) is 12.6. The number of hydrogen-bond donors (Lipinski definition) is 3. The highest BCUT2D eigenvalue weighted by molar-refractivity contribution is 7.82. The largest absolute Gasteiger partial charge is 0.372 e. The van der Waals surface area contributed by atoms with Crippen LogP contribution in [0.2, 0.25) is 0 Å². The lowest BCUT2D eigenvalue weighted by Crippen LogP contribution is -2.35. The zero-order valence-electron chi connectivity index (χ0n) is 10.4. The first-order chi connectivity index (χ1) is 9.53. The third-order valence-electron chi connectivity index (χ3n) is 3.40. The van der Waals surface area contributed by atoms with Crippen LogP contribution in [-0.2, 0) is 21.4 Å². The van der Waals surface area contributed by atoms with Crippen molar-refractivity contribution < 1.29 is 14.1 Å². The predicted molar refractivity (Wildman–Crippen MR) is 75.1 cm³/mol. The second-order valence-corrected chi connectivity index (χ2v) is 5.60. The minimum absolute atomic E-state index is 0.411. The Morgan fingerprint density at radius 1 is 1.10 bits per heavy atom. The molecule has 102 valence electrons. The molecule has 6 heteroatoms. The number of anilines is 1. The molecule has 3 rings (SSSR count). The molecule has 0 aliphatic carbocycles. The van der Waals surface area contributed by atoms with Crippen LogP contribution in [0.1, 0.15) is 11.1 Å². The van der Waals surface area contributed by atoms with E-state index in [9.17, 15) is 14.1 Å². The van der Waals surface area contributed by atoms with Gasteiger partial charge in [-0.05, 0) is 23.8 Å². The molecule has 5 nitrogen and oxygen atoms in total. The van der Waals surface area contributed by atoms with Crippen LogP contribution in [0, 0.1) is 0 Å². The summed E-state index contributed by atoms with van der Waals surface area (Å²) >= 11 is 0. The summed E-state index contributed by atoms with van der Waals surface area (Å²) in [6, 6.07) is 13.2. The summed E-state index contributed by atoms with van der Waals surface area (Å²) in [7, 11) is -1.59. The van der Waals surface area contributed by atoms with Gasteiger partial charge < -0.3 is 10.4 Å². The summed E-state index contributed by atoms with van der Waals surface area (Å²) in [5, 5.41) is 18.7. The van der Waals surface area contributed by atoms with E-state index in [1.165, 1.54) is 12.1 Å². The highest BCUT2D eigenvalue weighted by Crippen LogP contribution is 2.40. The normalized spacial score (nSPS) is 22.2. The molecule has 0 spiro atoms. The van der Waals surface area contributed by atoms with E-state index >= 15 is 0 Å². The van der Waals surface area contributed by atoms with Crippen molar-refractivity contribution >= 4 is 22.6 Å². The van der Waals surface area contributed by atoms with E-state index in [2.05, 4.69) is 5.32 Å². The minimum atomic E-state index is -1.73. The summed E-state index contributed by atoms with van der Waals surface area (Å²) in [5.41, 5.74) is -0.224. The van der Waals surface area contributed by atoms with Crippen molar-refractivity contribution in [1.82, 2.24) is 0 Å². The van der Waals surface area contributed by atoms with Crippen LogP contribution >= 0.6 is 0 Å². The lowest BCUT2D eigenvalue weighted by atomic mass is 9.88. The van der Waals surface area contributed by atoms with Crippen LogP contribution < -0.4 is 10.5 Å². The van der Waals surface area contributed by atoms with Gasteiger partial charge in [-0.25, -0.2) is 9.35 Å². The van der Waals surface area contributed by atoms with E-state index < -0.39 is 22.5 Å². The van der Waals surface area contributed by atoms with Crippen molar-refractivity contribution in [2.24, 2.45) is 5.14 Å². The first-order valence-electron chi connectivity index (χ1n) is 5.93. The lowest BCUT2D eigenvalue weighted by Gasteiger charge is -2.21. The van der Waals surface area contributed by atoms with E-state index in [-0.39, 0.29) is 0 Å². The lowest BCUT2D eigenvalue weighted by molar-refractivity contribution is -0.129. The Labute approximate surface area is 118 Å². The summed E-state index contributed by atoms with van der Waals surface area (Å²) in [6.45, 7) is 0. The van der Waals surface area contributed by atoms with Crippen LogP contribution in [0.15, 0.2) is 53.4 Å². The maximum atomic E-state index is 12.1. The number of carbonyl (C=O) groups is 1. The number of benzene rings is 2. The SMILES string of the molecule is NS(=O)c1ccc(C2(O)C(=O)Nc3ccccc32)cc1. The number of amides is 1. The Kier molecular flexibility index (Phi) is 2.93. The van der Waals surface area contributed by atoms with Crippen molar-refractivity contribution in [3.63, 3.8) is 0 Å². The molecule has 2 atom stereocenters. The molecule has 1 heterocycles. The van der Waals surface area contributed by atoms with E-state index in [1.54, 1.807) is 36.4 Å². The molecule has 0 saturated heterocycles. The van der Waals surface area contributed by atoms with Gasteiger partial charge >= 0.3 is 0 Å². The molecular weight excluding hydrogens is 276 g/mol. The second kappa shape index (κ2) is 4.52. The van der Waals surface area contributed by atoms with Gasteiger partial charge in [0.15, 0.2) is 5.60 Å². The number of nitrogens with one attached hydrogen (secondary N) is 1. The van der Waals surface area contributed by atoms with Gasteiger partial charge in [-0.15, -0.1) is 0 Å². The monoisotopic (exact) mass is 288 g/mol. The van der Waals surface area contributed by atoms with Crippen LogP contribution in [0.5, 0.6) is 0 Å². The minimum Gasteiger partial charge on any atom is -0.372 e. The zero-order valence-corrected chi connectivity index (χ0v) is 11.2. The average Bonchev–Trinajstić information content (AvgIpc) is 2.72. The molecule has 4 N–H and O–H groups in total. The number of rotatable bonds is 2. The van der Waals surface area contributed by atoms with Crippen molar-refractivity contribution in [2.45, 2.75) is 10.5 Å². The quantitative estimate of drug-likeness (QED) is 0.765. The topological polar surface area (TPSA) is 92.4 Å². The molecule has 2 aromatic carbocycles. The molecule has 0 fully saturated rings. The fourth-order valence-electron chi connectivity index (χ4n) is 2.36. The van der Waals surface area contributed by atoms with Crippen molar-refractivity contribution in [1.29, 1.82) is 0 Å². The molecule has 1 aliphatic heterocycles. The maximum Gasteiger partial charge on any atom is 0.265 e. The molecule has 1 aliphatic rings. The van der Waals surface area contributed by atoms with Crippen molar-refractivity contribution in [3.8, 4) is 0 Å². The highest BCUT2D eigenvalue weighted by atomic mass is 32.2. The third-order valence-corrected chi connectivity index (χ3v) is 4.13. The Morgan fingerprint density at radius 3 is 2.40 bits per heavy atom. The first kappa shape index (κ1) is 13.0. The number of aliphatic hydroxyl groups is 1. The van der Waals surface area contributed by atoms with Gasteiger partial charge in [0, 0.05) is 11.3 Å². The molecule has 20 heavy (non-hydrogen) atoms. The van der Waals surface area contributed by atoms with Crippen LogP contribution in [0.4, 0.5) is 5.69 Å². The zero-order chi connectivity index (χ0) is 14.3. The maximum absolute atomic E-state index is 12.1. The van der Waals surface area contributed by atoms with Gasteiger partial charge in [0.2, 0.25) is 0 Å². The third kappa shape index (κ3) is 1.77. The first-order valence-corrected chi connectivity index (χ1v) is 7.15. The molecule has 1 amide bonds. The van der Waals surface area contributed by atoms with E-state index in [0.29, 0.717) is 21.7 Å². The van der Waals surface area contributed by atoms with Gasteiger partial charge in [-0.1, -0.05) is 30.3 Å². The summed E-state index contributed by atoms with van der Waals surface area (Å²) in [5.74, 6) is -0.500. The molecule has 0 bridgehead atoms. The summed E-state index contributed by atoms with van der Waals surface area (Å²) < 4.78 is 11.2. The van der Waals surface area contributed by atoms with E-state index in [0.717, 1.165) is 0 Å².